The van der Waals surface area contributed by atoms with Gasteiger partial charge in [0.25, 0.3) is 5.79 Å². The lowest BCUT2D eigenvalue weighted by Gasteiger charge is -2.38. The van der Waals surface area contributed by atoms with Gasteiger partial charge in [0.2, 0.25) is 5.41 Å². The van der Waals surface area contributed by atoms with Crippen molar-refractivity contribution in [1.29, 1.82) is 0 Å². The van der Waals surface area contributed by atoms with Gasteiger partial charge in [-0.15, -0.1) is 0 Å². The number of hydrogen-bond acceptors (Lipinski definition) is 8. The normalized spacial score (nSPS) is 23.9. The number of rotatable bonds is 7. The van der Waals surface area contributed by atoms with Gasteiger partial charge >= 0.3 is 11.9 Å². The monoisotopic (exact) mass is 454 g/mol. The van der Waals surface area contributed by atoms with Gasteiger partial charge in [-0.25, -0.2) is 4.79 Å². The van der Waals surface area contributed by atoms with E-state index in [4.69, 9.17) is 23.7 Å². The standard InChI is InChI=1S/C24H22O9/c1-29-18-12-23(21(26)27,22(28)33-17-11-7-6-10-16(17)13-25)19(15-8-4-3-5-9-15)20-24(18,30-2)32-14-31-20/h3-12,25H,13-14H2,1-2H3,(H,26,27). The highest BCUT2D eigenvalue weighted by Crippen LogP contribution is 2.53. The number of aliphatic carboxylic acids is 1. The van der Waals surface area contributed by atoms with Gasteiger partial charge in [0.1, 0.15) is 5.75 Å². The molecule has 1 aliphatic heterocycles. The number of hydrogen-bond donors (Lipinski definition) is 2. The number of aliphatic hydroxyl groups excluding tert-OH is 1. The highest BCUT2D eigenvalue weighted by Gasteiger charge is 2.63. The van der Waals surface area contributed by atoms with Crippen LogP contribution < -0.4 is 4.74 Å². The van der Waals surface area contributed by atoms with Crippen LogP contribution in [0.25, 0.3) is 5.57 Å². The van der Waals surface area contributed by atoms with Gasteiger partial charge in [-0.1, -0.05) is 48.5 Å². The number of para-hydroxylation sites is 1. The van der Waals surface area contributed by atoms with Crippen LogP contribution >= 0.6 is 0 Å². The molecule has 2 aromatic carbocycles. The third-order valence-electron chi connectivity index (χ3n) is 5.63. The minimum atomic E-state index is -2.37. The summed E-state index contributed by atoms with van der Waals surface area (Å²) in [5.41, 5.74) is -1.68. The van der Waals surface area contributed by atoms with Crippen LogP contribution in [0.3, 0.4) is 0 Å². The van der Waals surface area contributed by atoms with Crippen LogP contribution in [0.1, 0.15) is 11.1 Å². The summed E-state index contributed by atoms with van der Waals surface area (Å²) in [6.45, 7) is -0.655. The van der Waals surface area contributed by atoms with Crippen molar-refractivity contribution in [3.8, 4) is 5.75 Å². The number of carbonyl (C=O) groups excluding carboxylic acids is 1. The van der Waals surface area contributed by atoms with Crippen molar-refractivity contribution in [2.75, 3.05) is 21.0 Å². The Morgan fingerprint density at radius 1 is 1.06 bits per heavy atom. The Hall–Kier alpha value is -3.66. The molecule has 2 unspecified atom stereocenters. The summed E-state index contributed by atoms with van der Waals surface area (Å²) in [7, 11) is 2.66. The summed E-state index contributed by atoms with van der Waals surface area (Å²) in [6.07, 6.45) is 1.11. The molecule has 0 radical (unpaired) electrons. The van der Waals surface area contributed by atoms with Gasteiger partial charge in [0.05, 0.1) is 13.7 Å². The molecule has 0 aromatic heterocycles. The van der Waals surface area contributed by atoms with Crippen LogP contribution in [0, 0.1) is 5.41 Å². The minimum absolute atomic E-state index is 0.0118. The Kier molecular flexibility index (Phi) is 5.94. The van der Waals surface area contributed by atoms with E-state index in [0.29, 0.717) is 11.1 Å². The van der Waals surface area contributed by atoms with E-state index in [1.165, 1.54) is 20.3 Å². The first-order valence-corrected chi connectivity index (χ1v) is 9.99. The molecule has 9 heteroatoms. The molecule has 1 saturated heterocycles. The van der Waals surface area contributed by atoms with Crippen LogP contribution in [-0.2, 0) is 35.1 Å². The fraction of sp³-hybridized carbons (Fsp3) is 0.250. The molecular weight excluding hydrogens is 432 g/mol. The van der Waals surface area contributed by atoms with E-state index in [1.54, 1.807) is 48.5 Å². The van der Waals surface area contributed by atoms with Crippen molar-refractivity contribution in [3.63, 3.8) is 0 Å². The van der Waals surface area contributed by atoms with E-state index in [9.17, 15) is 19.8 Å². The first-order chi connectivity index (χ1) is 15.9. The Labute approximate surface area is 189 Å². The van der Waals surface area contributed by atoms with Crippen LogP contribution in [0.4, 0.5) is 0 Å². The number of carbonyl (C=O) groups is 2. The molecule has 172 valence electrons. The average Bonchev–Trinajstić information content (AvgIpc) is 3.28. The molecule has 0 saturated carbocycles. The third kappa shape index (κ3) is 3.37. The van der Waals surface area contributed by atoms with E-state index in [0.717, 1.165) is 6.08 Å². The first-order valence-electron chi connectivity index (χ1n) is 9.99. The SMILES string of the molecule is COC1=CC(C(=O)O)(C(=O)Oc2ccccc2CO)C(c2ccccc2)=C2OCOC12OC. The zero-order valence-electron chi connectivity index (χ0n) is 17.9. The summed E-state index contributed by atoms with van der Waals surface area (Å²) < 4.78 is 27.9. The Morgan fingerprint density at radius 3 is 2.39 bits per heavy atom. The Bertz CT molecular complexity index is 1140. The topological polar surface area (TPSA) is 121 Å². The maximum absolute atomic E-state index is 13.7. The fourth-order valence-electron chi connectivity index (χ4n) is 4.04. The van der Waals surface area contributed by atoms with E-state index in [2.05, 4.69) is 0 Å². The van der Waals surface area contributed by atoms with E-state index in [-0.39, 0.29) is 29.6 Å². The van der Waals surface area contributed by atoms with E-state index < -0.39 is 29.7 Å². The lowest BCUT2D eigenvalue weighted by molar-refractivity contribution is -0.173. The zero-order valence-corrected chi connectivity index (χ0v) is 17.9. The number of carboxylic acids is 1. The van der Waals surface area contributed by atoms with Gasteiger partial charge in [0, 0.05) is 18.2 Å². The average molecular weight is 454 g/mol. The smallest absolute Gasteiger partial charge is 0.337 e. The molecule has 0 spiro atoms. The molecule has 0 amide bonds. The number of methoxy groups -OCH3 is 2. The lowest BCUT2D eigenvalue weighted by atomic mass is 9.71. The van der Waals surface area contributed by atoms with Gasteiger partial charge in [-0.05, 0) is 17.7 Å². The number of carboxylic acid groups (broad SMARTS) is 1. The Balaban J connectivity index is 1.98. The molecular formula is C24H22O9. The second-order valence-electron chi connectivity index (χ2n) is 7.28. The lowest BCUT2D eigenvalue weighted by Crippen LogP contribution is -2.49. The highest BCUT2D eigenvalue weighted by molar-refractivity contribution is 6.15. The molecule has 2 aliphatic rings. The maximum Gasteiger partial charge on any atom is 0.337 e. The van der Waals surface area contributed by atoms with Crippen molar-refractivity contribution in [2.24, 2.45) is 5.41 Å². The first kappa shape index (κ1) is 22.5. The number of aliphatic hydroxyl groups is 1. The van der Waals surface area contributed by atoms with Gasteiger partial charge in [-0.2, -0.15) is 0 Å². The summed E-state index contributed by atoms with van der Waals surface area (Å²) in [5, 5.41) is 20.1. The quantitative estimate of drug-likeness (QED) is 0.369. The van der Waals surface area contributed by atoms with Crippen LogP contribution in [0.5, 0.6) is 5.75 Å². The van der Waals surface area contributed by atoms with Gasteiger partial charge in [-0.3, -0.25) is 9.53 Å². The van der Waals surface area contributed by atoms with Crippen molar-refractivity contribution < 1.29 is 43.5 Å². The third-order valence-corrected chi connectivity index (χ3v) is 5.63. The van der Waals surface area contributed by atoms with Crippen LogP contribution in [-0.4, -0.2) is 49.0 Å². The molecule has 4 rings (SSSR count). The molecule has 1 fully saturated rings. The van der Waals surface area contributed by atoms with E-state index >= 15 is 0 Å². The van der Waals surface area contributed by atoms with Gasteiger partial charge in [0.15, 0.2) is 18.3 Å². The second kappa shape index (κ2) is 8.70. The molecule has 2 atom stereocenters. The molecule has 9 nitrogen and oxygen atoms in total. The number of ether oxygens (including phenoxy) is 5. The van der Waals surface area contributed by atoms with E-state index in [1.807, 2.05) is 0 Å². The summed E-state index contributed by atoms with van der Waals surface area (Å²) >= 11 is 0. The molecule has 2 N–H and O–H groups in total. The van der Waals surface area contributed by atoms with Crippen molar-refractivity contribution in [3.05, 3.63) is 83.3 Å². The van der Waals surface area contributed by atoms with Crippen molar-refractivity contribution in [1.82, 2.24) is 0 Å². The fourth-order valence-corrected chi connectivity index (χ4v) is 4.04. The predicted octanol–water partition coefficient (Wildman–Crippen LogP) is 2.46. The zero-order chi connectivity index (χ0) is 23.6. The molecule has 1 heterocycles. The second-order valence-corrected chi connectivity index (χ2v) is 7.28. The summed E-state index contributed by atoms with van der Waals surface area (Å²) in [4.78, 5) is 26.5. The summed E-state index contributed by atoms with van der Waals surface area (Å²) in [5.74, 6) is -4.38. The number of benzene rings is 2. The van der Waals surface area contributed by atoms with Crippen LogP contribution in [0.2, 0.25) is 0 Å². The predicted molar refractivity (Wildman–Crippen MR) is 113 cm³/mol. The highest BCUT2D eigenvalue weighted by atomic mass is 16.8. The molecule has 33 heavy (non-hydrogen) atoms. The number of fused-ring (bicyclic) bond motifs is 1. The molecule has 0 bridgehead atoms. The maximum atomic E-state index is 13.7. The van der Waals surface area contributed by atoms with Crippen molar-refractivity contribution in [2.45, 2.75) is 12.4 Å². The molecule has 2 aromatic rings. The van der Waals surface area contributed by atoms with Gasteiger partial charge < -0.3 is 29.2 Å². The Morgan fingerprint density at radius 2 is 1.76 bits per heavy atom. The molecule has 1 aliphatic carbocycles. The largest absolute Gasteiger partial charge is 0.495 e. The summed E-state index contributed by atoms with van der Waals surface area (Å²) in [6, 6.07) is 14.7. The number of esters is 1. The minimum Gasteiger partial charge on any atom is -0.495 e. The van der Waals surface area contributed by atoms with Crippen molar-refractivity contribution >= 4 is 17.5 Å². The van der Waals surface area contributed by atoms with Crippen LogP contribution in [0.15, 0.2) is 72.2 Å².